The molecule has 10 heteroatoms. The maximum atomic E-state index is 13.2. The number of benzene rings is 1. The molecule has 0 bridgehead atoms. The summed E-state index contributed by atoms with van der Waals surface area (Å²) in [5.74, 6) is 0.801. The summed E-state index contributed by atoms with van der Waals surface area (Å²) in [5.41, 5.74) is 2.71. The van der Waals surface area contributed by atoms with Crippen molar-refractivity contribution in [3.8, 4) is 5.88 Å². The predicted molar refractivity (Wildman–Crippen MR) is 137 cm³/mol. The number of morpholine rings is 1. The van der Waals surface area contributed by atoms with Gasteiger partial charge in [0, 0.05) is 56.1 Å². The number of hydrogen-bond acceptors (Lipinski definition) is 8. The van der Waals surface area contributed by atoms with Gasteiger partial charge in [0.2, 0.25) is 5.88 Å². The molecule has 184 valence electrons. The van der Waals surface area contributed by atoms with Crippen LogP contribution in [0.1, 0.15) is 21.1 Å². The highest BCUT2D eigenvalue weighted by Crippen LogP contribution is 2.35. The Morgan fingerprint density at radius 2 is 2.00 bits per heavy atom. The predicted octanol–water partition coefficient (Wildman–Crippen LogP) is 3.69. The number of rotatable bonds is 8. The Labute approximate surface area is 207 Å². The van der Waals surface area contributed by atoms with E-state index in [0.29, 0.717) is 21.4 Å². The average Bonchev–Trinajstić information content (AvgIpc) is 3.43. The number of fused-ring (bicyclic) bond motifs is 2. The molecule has 1 N–H and O–H groups in total. The molecule has 4 heterocycles. The molecule has 0 spiro atoms. The number of methoxy groups -OCH3 is 2. The second kappa shape index (κ2) is 10.3. The van der Waals surface area contributed by atoms with Crippen molar-refractivity contribution >= 4 is 44.1 Å². The van der Waals surface area contributed by atoms with Crippen LogP contribution in [-0.4, -0.2) is 72.4 Å². The van der Waals surface area contributed by atoms with Crippen molar-refractivity contribution in [3.63, 3.8) is 0 Å². The molecule has 0 saturated carbocycles. The molecule has 9 nitrogen and oxygen atoms in total. The summed E-state index contributed by atoms with van der Waals surface area (Å²) in [5, 5.41) is 4.90. The van der Waals surface area contributed by atoms with E-state index in [0.717, 1.165) is 66.9 Å². The van der Waals surface area contributed by atoms with Crippen LogP contribution < -0.4 is 10.1 Å². The third-order valence-electron chi connectivity index (χ3n) is 6.27. The number of hydrogen-bond donors (Lipinski definition) is 1. The van der Waals surface area contributed by atoms with Crippen molar-refractivity contribution in [2.24, 2.45) is 0 Å². The van der Waals surface area contributed by atoms with Gasteiger partial charge in [-0.2, -0.15) is 4.98 Å². The number of aromatic nitrogens is 3. The lowest BCUT2D eigenvalue weighted by molar-refractivity contribution is 0.0365. The molecule has 4 aromatic rings. The molecular weight excluding hydrogens is 466 g/mol. The minimum atomic E-state index is -0.174. The summed E-state index contributed by atoms with van der Waals surface area (Å²) in [6.07, 6.45) is 2.11. The van der Waals surface area contributed by atoms with Crippen molar-refractivity contribution < 1.29 is 19.0 Å². The van der Waals surface area contributed by atoms with Gasteiger partial charge in [-0.3, -0.25) is 9.69 Å². The summed E-state index contributed by atoms with van der Waals surface area (Å²) in [6, 6.07) is 8.11. The van der Waals surface area contributed by atoms with Crippen LogP contribution in [0.4, 0.5) is 5.69 Å². The summed E-state index contributed by atoms with van der Waals surface area (Å²) in [4.78, 5) is 25.9. The molecule has 1 amide bonds. The molecule has 5 rings (SSSR count). The second-order valence-electron chi connectivity index (χ2n) is 8.51. The van der Waals surface area contributed by atoms with Gasteiger partial charge in [-0.1, -0.05) is 0 Å². The number of nitrogens with one attached hydrogen (secondary N) is 1. The maximum Gasteiger partial charge on any atom is 0.266 e. The standard InChI is InChI=1S/C25H29N5O4S/c1-16-21-24(33-3)27-20(15-32-2)28-25(21)35-22(16)23(31)26-18-4-5-19-17(14-18)6-7-30(19)9-8-29-10-12-34-13-11-29/h4-7,14H,8-13,15H2,1-3H3,(H,26,31). The first-order chi connectivity index (χ1) is 17.1. The zero-order valence-electron chi connectivity index (χ0n) is 20.2. The molecule has 1 aliphatic heterocycles. The lowest BCUT2D eigenvalue weighted by atomic mass is 10.2. The summed E-state index contributed by atoms with van der Waals surface area (Å²) < 4.78 is 18.3. The van der Waals surface area contributed by atoms with Gasteiger partial charge in [-0.05, 0) is 36.8 Å². The van der Waals surface area contributed by atoms with Crippen molar-refractivity contribution in [2.45, 2.75) is 20.1 Å². The third kappa shape index (κ3) is 4.87. The summed E-state index contributed by atoms with van der Waals surface area (Å²) in [7, 11) is 3.16. The fourth-order valence-electron chi connectivity index (χ4n) is 4.44. The normalized spacial score (nSPS) is 14.6. The molecule has 1 aliphatic rings. The van der Waals surface area contributed by atoms with Gasteiger partial charge in [0.05, 0.1) is 30.6 Å². The molecular formula is C25H29N5O4S. The number of aryl methyl sites for hydroxylation is 1. The van der Waals surface area contributed by atoms with Crippen LogP contribution in [0, 0.1) is 6.92 Å². The molecule has 0 radical (unpaired) electrons. The number of carbonyl (C=O) groups is 1. The summed E-state index contributed by atoms with van der Waals surface area (Å²) in [6.45, 7) is 7.67. The Balaban J connectivity index is 1.34. The number of amides is 1. The fraction of sp³-hybridized carbons (Fsp3) is 0.400. The molecule has 1 saturated heterocycles. The van der Waals surface area contributed by atoms with Gasteiger partial charge in [0.15, 0.2) is 5.82 Å². The van der Waals surface area contributed by atoms with Gasteiger partial charge < -0.3 is 24.1 Å². The average molecular weight is 496 g/mol. The van der Waals surface area contributed by atoms with Crippen molar-refractivity contribution in [2.75, 3.05) is 52.4 Å². The Kier molecular flexibility index (Phi) is 6.96. The Hall–Kier alpha value is -3.05. The van der Waals surface area contributed by atoms with E-state index in [1.54, 1.807) is 14.2 Å². The third-order valence-corrected chi connectivity index (χ3v) is 7.45. The highest BCUT2D eigenvalue weighted by Gasteiger charge is 2.21. The van der Waals surface area contributed by atoms with Gasteiger partial charge in [0.25, 0.3) is 5.91 Å². The first kappa shape index (κ1) is 23.7. The molecule has 0 unspecified atom stereocenters. The van der Waals surface area contributed by atoms with E-state index < -0.39 is 0 Å². The molecule has 0 atom stereocenters. The largest absolute Gasteiger partial charge is 0.480 e. The van der Waals surface area contributed by atoms with Gasteiger partial charge in [-0.15, -0.1) is 11.3 Å². The van der Waals surface area contributed by atoms with E-state index >= 15 is 0 Å². The monoisotopic (exact) mass is 495 g/mol. The zero-order chi connectivity index (χ0) is 24.4. The number of nitrogens with zero attached hydrogens (tertiary/aromatic N) is 4. The second-order valence-corrected chi connectivity index (χ2v) is 9.51. The lowest BCUT2D eigenvalue weighted by Crippen LogP contribution is -2.38. The maximum absolute atomic E-state index is 13.2. The topological polar surface area (TPSA) is 90.7 Å². The molecule has 0 aliphatic carbocycles. The molecule has 35 heavy (non-hydrogen) atoms. The highest BCUT2D eigenvalue weighted by atomic mass is 32.1. The van der Waals surface area contributed by atoms with E-state index in [9.17, 15) is 4.79 Å². The van der Waals surface area contributed by atoms with Gasteiger partial charge in [0.1, 0.15) is 11.4 Å². The smallest absolute Gasteiger partial charge is 0.266 e. The number of ether oxygens (including phenoxy) is 3. The van der Waals surface area contributed by atoms with Crippen LogP contribution in [0.15, 0.2) is 30.5 Å². The van der Waals surface area contributed by atoms with Crippen LogP contribution in [0.3, 0.4) is 0 Å². The Morgan fingerprint density at radius 1 is 1.17 bits per heavy atom. The van der Waals surface area contributed by atoms with Crippen LogP contribution in [-0.2, 0) is 22.6 Å². The van der Waals surface area contributed by atoms with Crippen molar-refractivity contribution in [1.82, 2.24) is 19.4 Å². The summed E-state index contributed by atoms with van der Waals surface area (Å²) >= 11 is 1.33. The van der Waals surface area contributed by atoms with Gasteiger partial charge in [-0.25, -0.2) is 4.98 Å². The Bertz CT molecular complexity index is 1360. The molecule has 1 fully saturated rings. The van der Waals surface area contributed by atoms with E-state index in [4.69, 9.17) is 14.2 Å². The van der Waals surface area contributed by atoms with Crippen molar-refractivity contribution in [1.29, 1.82) is 0 Å². The first-order valence-electron chi connectivity index (χ1n) is 11.6. The highest BCUT2D eigenvalue weighted by molar-refractivity contribution is 7.20. The van der Waals surface area contributed by atoms with Crippen LogP contribution in [0.5, 0.6) is 5.88 Å². The first-order valence-corrected chi connectivity index (χ1v) is 12.4. The number of anilines is 1. The van der Waals surface area contributed by atoms with Crippen LogP contribution in [0.25, 0.3) is 21.1 Å². The Morgan fingerprint density at radius 3 is 2.77 bits per heavy atom. The van der Waals surface area contributed by atoms with E-state index in [-0.39, 0.29) is 12.5 Å². The van der Waals surface area contributed by atoms with E-state index in [1.165, 1.54) is 11.3 Å². The SMILES string of the molecule is COCc1nc(OC)c2c(C)c(C(=O)Nc3ccc4c(ccn4CCN4CCOCC4)c3)sc2n1. The van der Waals surface area contributed by atoms with Gasteiger partial charge >= 0.3 is 0 Å². The lowest BCUT2D eigenvalue weighted by Gasteiger charge is -2.26. The number of thiophene rings is 1. The quantitative estimate of drug-likeness (QED) is 0.399. The zero-order valence-corrected chi connectivity index (χ0v) is 21.0. The van der Waals surface area contributed by atoms with Crippen LogP contribution in [0.2, 0.25) is 0 Å². The van der Waals surface area contributed by atoms with Crippen molar-refractivity contribution in [3.05, 3.63) is 46.7 Å². The fourth-order valence-corrected chi connectivity index (χ4v) is 5.52. The van der Waals surface area contributed by atoms with E-state index in [1.807, 2.05) is 19.1 Å². The molecule has 1 aromatic carbocycles. The minimum Gasteiger partial charge on any atom is -0.480 e. The number of carbonyl (C=O) groups excluding carboxylic acids is 1. The van der Waals surface area contributed by atoms with Crippen LogP contribution >= 0.6 is 11.3 Å². The molecule has 3 aromatic heterocycles. The van der Waals surface area contributed by atoms with E-state index in [2.05, 4.69) is 43.1 Å². The minimum absolute atomic E-state index is 0.174.